The second-order valence-electron chi connectivity index (χ2n) is 6.28. The lowest BCUT2D eigenvalue weighted by Gasteiger charge is -2.14. The third-order valence-corrected chi connectivity index (χ3v) is 4.69. The highest BCUT2D eigenvalue weighted by molar-refractivity contribution is 6.24. The van der Waals surface area contributed by atoms with Gasteiger partial charge in [-0.2, -0.15) is 0 Å². The first-order valence-corrected chi connectivity index (χ1v) is 8.70. The van der Waals surface area contributed by atoms with Crippen molar-refractivity contribution in [3.63, 3.8) is 0 Å². The van der Waals surface area contributed by atoms with Crippen LogP contribution in [-0.2, 0) is 0 Å². The van der Waals surface area contributed by atoms with Crippen LogP contribution in [0.25, 0.3) is 11.1 Å². The third-order valence-electron chi connectivity index (χ3n) is 4.69. The van der Waals surface area contributed by atoms with Crippen LogP contribution < -0.4 is 0 Å². The molecule has 118 valence electrons. The first kappa shape index (κ1) is 14.9. The lowest BCUT2D eigenvalue weighted by atomic mass is 10.0. The van der Waals surface area contributed by atoms with Crippen molar-refractivity contribution in [3.8, 4) is 11.1 Å². The molecule has 0 saturated carbocycles. The number of hydrogen-bond donors (Lipinski definition) is 0. The fraction of sp³-hybridized carbons (Fsp3) is 0.174. The molecule has 0 spiro atoms. The predicted octanol–water partition coefficient (Wildman–Crippen LogP) is 6.05. The summed E-state index contributed by atoms with van der Waals surface area (Å²) in [5.74, 6) is 0. The standard InChI is InChI=1S/C23H21N/c1-2-10-22(17-11-4-3-5-12-17)24-23-20-15-8-6-13-18(20)19-14-7-9-16-21(19)23/h3-9,11-16,22H,2,10H2,1H3/t22-/m1/s1. The van der Waals surface area contributed by atoms with Gasteiger partial charge in [-0.3, -0.25) is 4.99 Å². The summed E-state index contributed by atoms with van der Waals surface area (Å²) in [6.45, 7) is 2.23. The van der Waals surface area contributed by atoms with Crippen LogP contribution in [0, 0.1) is 0 Å². The highest BCUT2D eigenvalue weighted by Gasteiger charge is 2.25. The molecule has 1 nitrogen and oxygen atoms in total. The van der Waals surface area contributed by atoms with Gasteiger partial charge in [-0.1, -0.05) is 92.2 Å². The monoisotopic (exact) mass is 311 g/mol. The van der Waals surface area contributed by atoms with E-state index in [0.29, 0.717) is 0 Å². The Bertz CT molecular complexity index is 830. The quantitative estimate of drug-likeness (QED) is 0.435. The normalized spacial score (nSPS) is 13.3. The Morgan fingerprint density at radius 2 is 1.17 bits per heavy atom. The number of benzene rings is 3. The van der Waals surface area contributed by atoms with E-state index < -0.39 is 0 Å². The minimum atomic E-state index is 0.213. The van der Waals surface area contributed by atoms with Gasteiger partial charge in [-0.25, -0.2) is 0 Å². The lowest BCUT2D eigenvalue weighted by Crippen LogP contribution is -2.04. The zero-order valence-corrected chi connectivity index (χ0v) is 13.9. The lowest BCUT2D eigenvalue weighted by molar-refractivity contribution is 0.641. The van der Waals surface area contributed by atoms with Crippen molar-refractivity contribution in [2.45, 2.75) is 25.8 Å². The van der Waals surface area contributed by atoms with Crippen molar-refractivity contribution in [1.82, 2.24) is 0 Å². The van der Waals surface area contributed by atoms with Gasteiger partial charge in [0.1, 0.15) is 0 Å². The van der Waals surface area contributed by atoms with Crippen LogP contribution in [0.5, 0.6) is 0 Å². The Balaban J connectivity index is 1.86. The molecule has 1 aliphatic carbocycles. The molecule has 1 heteroatoms. The van der Waals surface area contributed by atoms with Gasteiger partial charge < -0.3 is 0 Å². The number of rotatable bonds is 4. The summed E-state index contributed by atoms with van der Waals surface area (Å²) in [4.78, 5) is 5.23. The molecule has 3 aromatic carbocycles. The van der Waals surface area contributed by atoms with Crippen LogP contribution in [0.4, 0.5) is 0 Å². The summed E-state index contributed by atoms with van der Waals surface area (Å²) in [5.41, 5.74) is 7.56. The molecule has 0 unspecified atom stereocenters. The average Bonchev–Trinajstić information content (AvgIpc) is 2.96. The molecule has 3 aromatic rings. The first-order valence-electron chi connectivity index (χ1n) is 8.70. The topological polar surface area (TPSA) is 12.4 Å². The maximum Gasteiger partial charge on any atom is 0.0756 e. The van der Waals surface area contributed by atoms with Gasteiger partial charge in [-0.05, 0) is 23.1 Å². The Morgan fingerprint density at radius 1 is 0.667 bits per heavy atom. The minimum Gasteiger partial charge on any atom is -0.276 e. The Labute approximate surface area is 143 Å². The average molecular weight is 311 g/mol. The van der Waals surface area contributed by atoms with E-state index in [1.54, 1.807) is 0 Å². The van der Waals surface area contributed by atoms with Gasteiger partial charge in [0.25, 0.3) is 0 Å². The second-order valence-corrected chi connectivity index (χ2v) is 6.28. The van der Waals surface area contributed by atoms with E-state index in [1.165, 1.54) is 27.8 Å². The van der Waals surface area contributed by atoms with Crippen LogP contribution >= 0.6 is 0 Å². The van der Waals surface area contributed by atoms with Gasteiger partial charge in [-0.15, -0.1) is 0 Å². The largest absolute Gasteiger partial charge is 0.276 e. The molecule has 0 radical (unpaired) electrons. The van der Waals surface area contributed by atoms with Crippen molar-refractivity contribution in [1.29, 1.82) is 0 Å². The number of aliphatic imine (C=N–C) groups is 1. The van der Waals surface area contributed by atoms with E-state index in [9.17, 15) is 0 Å². The van der Waals surface area contributed by atoms with Crippen LogP contribution in [0.3, 0.4) is 0 Å². The summed E-state index contributed by atoms with van der Waals surface area (Å²) in [6.07, 6.45) is 2.19. The second kappa shape index (κ2) is 6.45. The van der Waals surface area contributed by atoms with E-state index in [0.717, 1.165) is 18.6 Å². The van der Waals surface area contributed by atoms with Gasteiger partial charge in [0.2, 0.25) is 0 Å². The van der Waals surface area contributed by atoms with E-state index in [-0.39, 0.29) is 6.04 Å². The van der Waals surface area contributed by atoms with Gasteiger partial charge in [0, 0.05) is 11.1 Å². The highest BCUT2D eigenvalue weighted by atomic mass is 14.8. The molecule has 0 aliphatic heterocycles. The molecule has 4 rings (SSSR count). The number of fused-ring (bicyclic) bond motifs is 3. The van der Waals surface area contributed by atoms with E-state index in [2.05, 4.69) is 85.8 Å². The van der Waals surface area contributed by atoms with Crippen molar-refractivity contribution < 1.29 is 0 Å². The summed E-state index contributed by atoms with van der Waals surface area (Å²) in [5, 5.41) is 0. The van der Waals surface area contributed by atoms with Gasteiger partial charge >= 0.3 is 0 Å². The zero-order chi connectivity index (χ0) is 16.4. The van der Waals surface area contributed by atoms with Crippen molar-refractivity contribution in [2.24, 2.45) is 4.99 Å². The number of nitrogens with zero attached hydrogens (tertiary/aromatic N) is 1. The summed E-state index contributed by atoms with van der Waals surface area (Å²) in [7, 11) is 0. The molecule has 0 fully saturated rings. The zero-order valence-electron chi connectivity index (χ0n) is 13.9. The molecule has 0 heterocycles. The molecule has 0 aromatic heterocycles. The van der Waals surface area contributed by atoms with Crippen molar-refractivity contribution >= 4 is 5.71 Å². The highest BCUT2D eigenvalue weighted by Crippen LogP contribution is 2.38. The molecule has 0 N–H and O–H groups in total. The predicted molar refractivity (Wildman–Crippen MR) is 102 cm³/mol. The van der Waals surface area contributed by atoms with Gasteiger partial charge in [0.15, 0.2) is 0 Å². The summed E-state index contributed by atoms with van der Waals surface area (Å²) < 4.78 is 0. The fourth-order valence-electron chi connectivity index (χ4n) is 3.54. The van der Waals surface area contributed by atoms with Crippen LogP contribution in [-0.4, -0.2) is 5.71 Å². The third kappa shape index (κ3) is 2.56. The Hall–Kier alpha value is -2.67. The SMILES string of the molecule is CCC[C@@H](N=C1c2ccccc2-c2ccccc21)c1ccccc1. The maximum absolute atomic E-state index is 5.23. The molecule has 0 bridgehead atoms. The fourth-order valence-corrected chi connectivity index (χ4v) is 3.54. The van der Waals surface area contributed by atoms with E-state index in [4.69, 9.17) is 4.99 Å². The number of hydrogen-bond acceptors (Lipinski definition) is 1. The molecular weight excluding hydrogens is 290 g/mol. The molecule has 1 atom stereocenters. The van der Waals surface area contributed by atoms with Crippen molar-refractivity contribution in [2.75, 3.05) is 0 Å². The summed E-state index contributed by atoms with van der Waals surface area (Å²) >= 11 is 0. The molecule has 0 amide bonds. The summed E-state index contributed by atoms with van der Waals surface area (Å²) in [6, 6.07) is 28.1. The van der Waals surface area contributed by atoms with Crippen molar-refractivity contribution in [3.05, 3.63) is 95.6 Å². The van der Waals surface area contributed by atoms with Crippen LogP contribution in [0.15, 0.2) is 83.9 Å². The molecule has 24 heavy (non-hydrogen) atoms. The first-order chi connectivity index (χ1) is 11.9. The molecule has 1 aliphatic rings. The molecular formula is C23H21N. The van der Waals surface area contributed by atoms with Gasteiger partial charge in [0.05, 0.1) is 11.8 Å². The van der Waals surface area contributed by atoms with E-state index >= 15 is 0 Å². The van der Waals surface area contributed by atoms with Crippen LogP contribution in [0.2, 0.25) is 0 Å². The molecule has 0 saturated heterocycles. The maximum atomic E-state index is 5.23. The van der Waals surface area contributed by atoms with Crippen LogP contribution in [0.1, 0.15) is 42.5 Å². The Morgan fingerprint density at radius 3 is 1.71 bits per heavy atom. The smallest absolute Gasteiger partial charge is 0.0756 e. The van der Waals surface area contributed by atoms with E-state index in [1.807, 2.05) is 0 Å². The Kier molecular flexibility index (Phi) is 4.00. The minimum absolute atomic E-state index is 0.213.